The zero-order valence-electron chi connectivity index (χ0n) is 49.5. The number of rotatable bonds is 39. The predicted molar refractivity (Wildman–Crippen MR) is 326 cm³/mol. The van der Waals surface area contributed by atoms with Crippen molar-refractivity contribution >= 4 is 41.3 Å². The van der Waals surface area contributed by atoms with Gasteiger partial charge < -0.3 is 39.1 Å². The summed E-state index contributed by atoms with van der Waals surface area (Å²) in [5.41, 5.74) is 5.84. The number of nitrogens with one attached hydrogen (secondary N) is 2. The van der Waals surface area contributed by atoms with Gasteiger partial charge in [0.25, 0.3) is 0 Å². The summed E-state index contributed by atoms with van der Waals surface area (Å²) in [5, 5.41) is 6.19. The number of ether oxygens (including phenoxy) is 6. The zero-order valence-corrected chi connectivity index (χ0v) is 50.3. The number of amides is 2. The lowest BCUT2D eigenvalue weighted by molar-refractivity contribution is -0.160. The van der Waals surface area contributed by atoms with Gasteiger partial charge in [-0.05, 0) is 88.1 Å². The van der Waals surface area contributed by atoms with E-state index in [1.807, 2.05) is 125 Å². The molecule has 14 heteroatoms. The van der Waals surface area contributed by atoms with Crippen molar-refractivity contribution in [2.75, 3.05) is 59.3 Å². The molecule has 0 spiro atoms. The zero-order chi connectivity index (χ0) is 59.1. The van der Waals surface area contributed by atoms with Crippen molar-refractivity contribution in [3.05, 3.63) is 166 Å². The number of carbonyl (C=O) groups excluding carboxylic acids is 5. The highest BCUT2D eigenvalue weighted by atomic mass is 35.5. The van der Waals surface area contributed by atoms with Crippen LogP contribution in [-0.4, -0.2) is 94.7 Å². The maximum absolute atomic E-state index is 14.8. The lowest BCUT2D eigenvalue weighted by Crippen LogP contribution is -2.38. The van der Waals surface area contributed by atoms with Crippen LogP contribution < -0.4 is 10.6 Å². The van der Waals surface area contributed by atoms with Crippen LogP contribution in [0.25, 0.3) is 11.1 Å². The Morgan fingerprint density at radius 2 is 1.04 bits per heavy atom. The van der Waals surface area contributed by atoms with Crippen LogP contribution in [-0.2, 0) is 53.2 Å². The molecular weight excluding hydrogens is 1070 g/mol. The second kappa shape index (κ2) is 35.7. The molecule has 1 aliphatic rings. The first-order valence-electron chi connectivity index (χ1n) is 30.2. The first-order valence-corrected chi connectivity index (χ1v) is 30.6. The Balaban J connectivity index is 0.881. The third kappa shape index (κ3) is 22.3. The maximum atomic E-state index is 14.8. The minimum atomic E-state index is -1.45. The Kier molecular flexibility index (Phi) is 28.3. The van der Waals surface area contributed by atoms with Gasteiger partial charge in [-0.3, -0.25) is 19.2 Å². The van der Waals surface area contributed by atoms with Crippen LogP contribution >= 0.6 is 11.6 Å². The molecule has 448 valence electrons. The number of alkyl carbamates (subject to hydrolysis) is 1. The van der Waals surface area contributed by atoms with Crippen LogP contribution in [0.4, 0.5) is 4.79 Å². The first kappa shape index (κ1) is 65.8. The molecule has 1 unspecified atom stereocenters. The number of hydrogen-bond donors (Lipinski definition) is 2. The number of esters is 2. The monoisotopic (exact) mass is 1160 g/mol. The number of unbranched alkanes of at least 4 members (excludes halogenated alkanes) is 9. The van der Waals surface area contributed by atoms with E-state index in [0.717, 1.165) is 69.8 Å². The Bertz CT molecular complexity index is 2720. The van der Waals surface area contributed by atoms with E-state index in [1.54, 1.807) is 6.07 Å². The summed E-state index contributed by atoms with van der Waals surface area (Å²) in [5.74, 6) is -1.85. The highest BCUT2D eigenvalue weighted by Crippen LogP contribution is 2.46. The summed E-state index contributed by atoms with van der Waals surface area (Å²) in [6.07, 6.45) is 11.8. The van der Waals surface area contributed by atoms with Gasteiger partial charge in [0.05, 0.1) is 32.3 Å². The van der Waals surface area contributed by atoms with E-state index < -0.39 is 29.2 Å². The van der Waals surface area contributed by atoms with Gasteiger partial charge in [0.1, 0.15) is 18.0 Å². The average molecular weight is 1160 g/mol. The van der Waals surface area contributed by atoms with Gasteiger partial charge in [-0.1, -0.05) is 190 Å². The molecule has 5 aromatic rings. The van der Waals surface area contributed by atoms with Gasteiger partial charge in [0.15, 0.2) is 5.60 Å². The summed E-state index contributed by atoms with van der Waals surface area (Å²) < 4.78 is 34.9. The molecule has 0 radical (unpaired) electrons. The molecule has 2 atom stereocenters. The molecule has 2 amide bonds. The van der Waals surface area contributed by atoms with E-state index >= 15 is 0 Å². The molecule has 5 aromatic carbocycles. The van der Waals surface area contributed by atoms with E-state index in [1.165, 1.54) is 22.3 Å². The fraction of sp³-hybridized carbons (Fsp3) is 0.493. The summed E-state index contributed by atoms with van der Waals surface area (Å²) in [4.78, 5) is 66.4. The van der Waals surface area contributed by atoms with Gasteiger partial charge in [0, 0.05) is 79.6 Å². The highest BCUT2D eigenvalue weighted by molar-refractivity contribution is 6.31. The third-order valence-electron chi connectivity index (χ3n) is 14.8. The standard InChI is InChI=1S/C69H89ClN2O11/c1-52-36-39-55(40-37-52)69(54-26-14-13-15-27-54,62-33-22-23-34-63(62)70)83-66(76)53(50-56(73)28-16-11-9-7-5-6-8-10-12-17-35-65(75)82-68(2,3)4)38-41-64(74)71-42-24-44-78-46-48-80-49-47-79-45-25-43-72-67(77)81-51-61-59-31-20-18-29-57(59)58-30-19-21-32-60(58)61/h13-15,18-23,26-27,29-34,36-37,39-40,53,61H,5-12,16-17,24-25,28,35,38,41-51H2,1-4H3,(H,71,74)(H,72,77)/t53-,69?/m1/s1. The Hall–Kier alpha value is -6.38. The van der Waals surface area contributed by atoms with E-state index in [9.17, 15) is 24.0 Å². The number of ketones is 1. The molecule has 0 bridgehead atoms. The molecule has 6 rings (SSSR count). The fourth-order valence-corrected chi connectivity index (χ4v) is 10.8. The Morgan fingerprint density at radius 1 is 0.530 bits per heavy atom. The van der Waals surface area contributed by atoms with E-state index in [0.29, 0.717) is 100 Å². The second-order valence-electron chi connectivity index (χ2n) is 22.6. The average Bonchev–Trinajstić information content (AvgIpc) is 2.60. The van der Waals surface area contributed by atoms with Gasteiger partial charge in [-0.15, -0.1) is 0 Å². The van der Waals surface area contributed by atoms with Gasteiger partial charge >= 0.3 is 18.0 Å². The molecular formula is C69H89ClN2O11. The van der Waals surface area contributed by atoms with Crippen LogP contribution in [0.15, 0.2) is 127 Å². The number of Topliss-reactive ketones (excluding diaryl/α,β-unsaturated/α-hetero) is 1. The van der Waals surface area contributed by atoms with Gasteiger partial charge in [-0.2, -0.15) is 0 Å². The van der Waals surface area contributed by atoms with E-state index in [2.05, 4.69) is 34.9 Å². The number of aryl methyl sites for hydroxylation is 1. The highest BCUT2D eigenvalue weighted by Gasteiger charge is 2.44. The van der Waals surface area contributed by atoms with Crippen LogP contribution in [0.1, 0.15) is 169 Å². The molecule has 0 heterocycles. The van der Waals surface area contributed by atoms with Crippen molar-refractivity contribution in [2.45, 2.75) is 154 Å². The SMILES string of the molecule is Cc1ccc(C(OC(=O)[C@H](CCC(=O)NCCCOCCOCCOCCCNC(=O)OCC2c3ccccc3-c3ccccc32)CC(=O)CCCCCCCCCCCCC(=O)OC(C)(C)C)(c2ccccc2)c2ccccc2Cl)cc1. The molecule has 0 saturated heterocycles. The molecule has 83 heavy (non-hydrogen) atoms. The van der Waals surface area contributed by atoms with Crippen molar-refractivity contribution in [1.29, 1.82) is 0 Å². The summed E-state index contributed by atoms with van der Waals surface area (Å²) in [6, 6.07) is 41.2. The molecule has 2 N–H and O–H groups in total. The number of fused-ring (bicyclic) bond motifs is 3. The van der Waals surface area contributed by atoms with E-state index in [4.69, 9.17) is 40.0 Å². The van der Waals surface area contributed by atoms with Crippen LogP contribution in [0.3, 0.4) is 0 Å². The molecule has 0 aliphatic heterocycles. The number of halogens is 1. The molecule has 0 saturated carbocycles. The van der Waals surface area contributed by atoms with Crippen molar-refractivity contribution in [3.8, 4) is 11.1 Å². The van der Waals surface area contributed by atoms with Crippen molar-refractivity contribution < 1.29 is 52.4 Å². The lowest BCUT2D eigenvalue weighted by atomic mass is 9.79. The predicted octanol–water partition coefficient (Wildman–Crippen LogP) is 14.3. The molecule has 13 nitrogen and oxygen atoms in total. The summed E-state index contributed by atoms with van der Waals surface area (Å²) in [7, 11) is 0. The second-order valence-corrected chi connectivity index (χ2v) is 23.0. The normalized spacial score (nSPS) is 13.1. The van der Waals surface area contributed by atoms with Crippen molar-refractivity contribution in [2.24, 2.45) is 5.92 Å². The summed E-state index contributed by atoms with van der Waals surface area (Å²) >= 11 is 6.98. The Labute approximate surface area is 498 Å². The fourth-order valence-electron chi connectivity index (χ4n) is 10.5. The topological polar surface area (TPSA) is 165 Å². The number of benzene rings is 5. The quantitative estimate of drug-likeness (QED) is 0.0166. The molecule has 1 aliphatic carbocycles. The van der Waals surface area contributed by atoms with Gasteiger partial charge in [-0.25, -0.2) is 4.79 Å². The molecule has 0 fully saturated rings. The van der Waals surface area contributed by atoms with Crippen LogP contribution in [0.5, 0.6) is 0 Å². The number of carbonyl (C=O) groups is 5. The van der Waals surface area contributed by atoms with Crippen molar-refractivity contribution in [1.82, 2.24) is 10.6 Å². The largest absolute Gasteiger partial charge is 0.460 e. The molecule has 0 aromatic heterocycles. The minimum absolute atomic E-state index is 0.0141. The Morgan fingerprint density at radius 3 is 1.63 bits per heavy atom. The first-order chi connectivity index (χ1) is 40.2. The lowest BCUT2D eigenvalue weighted by Gasteiger charge is -2.37. The third-order valence-corrected chi connectivity index (χ3v) is 15.1. The minimum Gasteiger partial charge on any atom is -0.460 e. The van der Waals surface area contributed by atoms with Crippen molar-refractivity contribution in [3.63, 3.8) is 0 Å². The smallest absolute Gasteiger partial charge is 0.407 e. The maximum Gasteiger partial charge on any atom is 0.407 e. The van der Waals surface area contributed by atoms with Crippen LogP contribution in [0, 0.1) is 12.8 Å². The summed E-state index contributed by atoms with van der Waals surface area (Å²) in [6.45, 7) is 11.2. The van der Waals surface area contributed by atoms with Crippen LogP contribution in [0.2, 0.25) is 5.02 Å². The number of hydrogen-bond acceptors (Lipinski definition) is 11. The van der Waals surface area contributed by atoms with E-state index in [-0.39, 0.29) is 49.4 Å². The van der Waals surface area contributed by atoms with Gasteiger partial charge in [0.2, 0.25) is 5.91 Å².